The van der Waals surface area contributed by atoms with E-state index in [9.17, 15) is 4.79 Å². The highest BCUT2D eigenvalue weighted by molar-refractivity contribution is 8.03. The van der Waals surface area contributed by atoms with Gasteiger partial charge in [-0.05, 0) is 18.4 Å². The molecule has 2 rings (SSSR count). The molecule has 1 atom stereocenters. The second-order valence-electron chi connectivity index (χ2n) is 5.53. The van der Waals surface area contributed by atoms with Crippen LogP contribution in [0.25, 0.3) is 0 Å². The van der Waals surface area contributed by atoms with Gasteiger partial charge < -0.3 is 5.32 Å². The van der Waals surface area contributed by atoms with Gasteiger partial charge in [0.2, 0.25) is 5.91 Å². The first-order valence-electron chi connectivity index (χ1n) is 7.48. The van der Waals surface area contributed by atoms with E-state index in [1.165, 1.54) is 11.8 Å². The van der Waals surface area contributed by atoms with Gasteiger partial charge in [0, 0.05) is 5.75 Å². The first-order valence-corrected chi connectivity index (χ1v) is 10.3. The summed E-state index contributed by atoms with van der Waals surface area (Å²) >= 11 is 4.72. The highest BCUT2D eigenvalue weighted by Gasteiger charge is 2.12. The third kappa shape index (κ3) is 6.53. The molecular weight excluding hydrogens is 346 g/mol. The molecule has 1 aromatic heterocycles. The normalized spacial score (nSPS) is 12.3. The van der Waals surface area contributed by atoms with Gasteiger partial charge in [-0.15, -0.1) is 10.2 Å². The molecule has 0 saturated heterocycles. The van der Waals surface area contributed by atoms with Crippen LogP contribution in [0.2, 0.25) is 0 Å². The minimum Gasteiger partial charge on any atom is -0.349 e. The van der Waals surface area contributed by atoms with Crippen LogP contribution in [0.4, 0.5) is 0 Å². The lowest BCUT2D eigenvalue weighted by molar-refractivity contribution is -0.119. The van der Waals surface area contributed by atoms with Crippen LogP contribution < -0.4 is 5.32 Å². The van der Waals surface area contributed by atoms with Gasteiger partial charge in [-0.25, -0.2) is 0 Å². The molecule has 1 amide bonds. The molecule has 0 aliphatic carbocycles. The Morgan fingerprint density at radius 3 is 2.43 bits per heavy atom. The zero-order valence-corrected chi connectivity index (χ0v) is 15.9. The number of carbonyl (C=O) groups excluding carboxylic acids is 1. The Balaban J connectivity index is 1.76. The van der Waals surface area contributed by atoms with Crippen LogP contribution in [0, 0.1) is 5.92 Å². The van der Waals surface area contributed by atoms with Crippen LogP contribution in [0.3, 0.4) is 0 Å². The summed E-state index contributed by atoms with van der Waals surface area (Å²) in [7, 11) is 0. The lowest BCUT2D eigenvalue weighted by Gasteiger charge is -2.13. The van der Waals surface area contributed by atoms with Gasteiger partial charge in [-0.1, -0.05) is 79.0 Å². The fourth-order valence-electron chi connectivity index (χ4n) is 1.79. The van der Waals surface area contributed by atoms with Crippen molar-refractivity contribution >= 4 is 40.8 Å². The molecule has 1 N–H and O–H groups in total. The van der Waals surface area contributed by atoms with Gasteiger partial charge in [0.1, 0.15) is 0 Å². The van der Waals surface area contributed by atoms with E-state index in [1.54, 1.807) is 23.1 Å². The molecule has 0 bridgehead atoms. The highest BCUT2D eigenvalue weighted by Crippen LogP contribution is 2.29. The maximum atomic E-state index is 12.0. The SMILES string of the molecule is CC(C)CSc1nnc(SCC(=O)N[C@H](C)c2ccccc2)s1. The number of thioether (sulfide) groups is 2. The second-order valence-corrected chi connectivity index (χ2v) is 8.99. The van der Waals surface area contributed by atoms with Gasteiger partial charge in [0.05, 0.1) is 11.8 Å². The highest BCUT2D eigenvalue weighted by atomic mass is 32.2. The Hall–Kier alpha value is -1.05. The van der Waals surface area contributed by atoms with Crippen molar-refractivity contribution in [1.82, 2.24) is 15.5 Å². The summed E-state index contributed by atoms with van der Waals surface area (Å²) in [4.78, 5) is 12.0. The van der Waals surface area contributed by atoms with Crippen LogP contribution in [0.1, 0.15) is 32.4 Å². The molecule has 0 aliphatic rings. The van der Waals surface area contributed by atoms with Crippen LogP contribution >= 0.6 is 34.9 Å². The van der Waals surface area contributed by atoms with Gasteiger partial charge in [-0.3, -0.25) is 4.79 Å². The average Bonchev–Trinajstić information content (AvgIpc) is 3.00. The summed E-state index contributed by atoms with van der Waals surface area (Å²) in [6.07, 6.45) is 0. The number of amides is 1. The number of hydrogen-bond acceptors (Lipinski definition) is 6. The maximum Gasteiger partial charge on any atom is 0.230 e. The molecule has 4 nitrogen and oxygen atoms in total. The van der Waals surface area contributed by atoms with E-state index in [1.807, 2.05) is 37.3 Å². The van der Waals surface area contributed by atoms with Crippen LogP contribution in [-0.4, -0.2) is 27.6 Å². The number of nitrogens with one attached hydrogen (secondary N) is 1. The number of rotatable bonds is 8. The lowest BCUT2D eigenvalue weighted by atomic mass is 10.1. The minimum atomic E-state index is 0.0101. The molecular formula is C16H21N3OS3. The van der Waals surface area contributed by atoms with Crippen molar-refractivity contribution in [3.05, 3.63) is 35.9 Å². The van der Waals surface area contributed by atoms with Crippen LogP contribution in [-0.2, 0) is 4.79 Å². The van der Waals surface area contributed by atoms with Crippen molar-refractivity contribution in [3.8, 4) is 0 Å². The summed E-state index contributed by atoms with van der Waals surface area (Å²) in [6.45, 7) is 6.35. The molecule has 0 fully saturated rings. The van der Waals surface area contributed by atoms with E-state index in [-0.39, 0.29) is 11.9 Å². The molecule has 124 valence electrons. The van der Waals surface area contributed by atoms with E-state index in [0.717, 1.165) is 20.0 Å². The first-order chi connectivity index (χ1) is 11.0. The summed E-state index contributed by atoms with van der Waals surface area (Å²) < 4.78 is 1.82. The summed E-state index contributed by atoms with van der Waals surface area (Å²) in [5.74, 6) is 2.04. The topological polar surface area (TPSA) is 54.9 Å². The third-order valence-electron chi connectivity index (χ3n) is 2.93. The molecule has 1 aromatic carbocycles. The Labute approximate surface area is 149 Å². The molecule has 0 aliphatic heterocycles. The van der Waals surface area contributed by atoms with Gasteiger partial charge in [0.15, 0.2) is 8.68 Å². The van der Waals surface area contributed by atoms with E-state index >= 15 is 0 Å². The molecule has 0 radical (unpaired) electrons. The number of nitrogens with zero attached hydrogens (tertiary/aromatic N) is 2. The Morgan fingerprint density at radius 2 is 1.78 bits per heavy atom. The Bertz CT molecular complexity index is 616. The van der Waals surface area contributed by atoms with Gasteiger partial charge >= 0.3 is 0 Å². The standard InChI is InChI=1S/C16H21N3OS3/c1-11(2)9-21-15-18-19-16(23-15)22-10-14(20)17-12(3)13-7-5-4-6-8-13/h4-8,11-12H,9-10H2,1-3H3,(H,17,20)/t12-/m1/s1. The molecule has 23 heavy (non-hydrogen) atoms. The van der Waals surface area contributed by atoms with Gasteiger partial charge in [0.25, 0.3) is 0 Å². The number of benzene rings is 1. The molecule has 0 spiro atoms. The zero-order valence-electron chi connectivity index (χ0n) is 13.5. The van der Waals surface area contributed by atoms with Crippen molar-refractivity contribution in [2.45, 2.75) is 35.5 Å². The number of carbonyl (C=O) groups is 1. The summed E-state index contributed by atoms with van der Waals surface area (Å²) in [5, 5.41) is 11.3. The number of aromatic nitrogens is 2. The van der Waals surface area contributed by atoms with Crippen LogP contribution in [0.15, 0.2) is 39.0 Å². The third-order valence-corrected chi connectivity index (χ3v) is 6.55. The Morgan fingerprint density at radius 1 is 1.13 bits per heavy atom. The predicted molar refractivity (Wildman–Crippen MR) is 99.2 cm³/mol. The fourth-order valence-corrected chi connectivity index (χ4v) is 4.60. The smallest absolute Gasteiger partial charge is 0.230 e. The summed E-state index contributed by atoms with van der Waals surface area (Å²) in [6, 6.07) is 9.96. The van der Waals surface area contributed by atoms with Crippen molar-refractivity contribution in [2.24, 2.45) is 5.92 Å². The van der Waals surface area contributed by atoms with E-state index in [4.69, 9.17) is 0 Å². The molecule has 2 aromatic rings. The first kappa shape index (κ1) is 18.3. The summed E-state index contributed by atoms with van der Waals surface area (Å²) in [5.41, 5.74) is 1.11. The van der Waals surface area contributed by atoms with Crippen molar-refractivity contribution in [2.75, 3.05) is 11.5 Å². The molecule has 1 heterocycles. The average molecular weight is 368 g/mol. The van der Waals surface area contributed by atoms with E-state index in [0.29, 0.717) is 11.7 Å². The van der Waals surface area contributed by atoms with Crippen molar-refractivity contribution in [1.29, 1.82) is 0 Å². The van der Waals surface area contributed by atoms with E-state index in [2.05, 4.69) is 29.4 Å². The predicted octanol–water partition coefficient (Wildman–Crippen LogP) is 4.26. The zero-order chi connectivity index (χ0) is 16.7. The largest absolute Gasteiger partial charge is 0.349 e. The molecule has 0 saturated carbocycles. The quantitative estimate of drug-likeness (QED) is 0.707. The maximum absolute atomic E-state index is 12.0. The van der Waals surface area contributed by atoms with Crippen LogP contribution in [0.5, 0.6) is 0 Å². The van der Waals surface area contributed by atoms with Gasteiger partial charge in [-0.2, -0.15) is 0 Å². The molecule has 0 unspecified atom stereocenters. The van der Waals surface area contributed by atoms with Crippen molar-refractivity contribution < 1.29 is 4.79 Å². The lowest BCUT2D eigenvalue weighted by Crippen LogP contribution is -2.28. The number of hydrogen-bond donors (Lipinski definition) is 1. The minimum absolute atomic E-state index is 0.0101. The Kier molecular flexibility index (Phi) is 7.39. The van der Waals surface area contributed by atoms with E-state index < -0.39 is 0 Å². The fraction of sp³-hybridized carbons (Fsp3) is 0.438. The second kappa shape index (κ2) is 9.30. The monoisotopic (exact) mass is 367 g/mol. The van der Waals surface area contributed by atoms with Crippen molar-refractivity contribution in [3.63, 3.8) is 0 Å². The molecule has 7 heteroatoms.